The largest absolute Gasteiger partial charge is 0.341 e. The van der Waals surface area contributed by atoms with Crippen LogP contribution in [0.15, 0.2) is 6.07 Å². The standard InChI is InChI=1S/C13H19N5/c1-10-8-11(9-14)16-13(15-10)18-6-4-12(5-7-18)17(2)3/h8,12H,4-7H2,1-3H3. The number of hydrogen-bond acceptors (Lipinski definition) is 5. The van der Waals surface area contributed by atoms with E-state index in [0.717, 1.165) is 31.6 Å². The molecular formula is C13H19N5. The molecule has 0 radical (unpaired) electrons. The second-order valence-corrected chi connectivity index (χ2v) is 4.99. The molecular weight excluding hydrogens is 226 g/mol. The smallest absolute Gasteiger partial charge is 0.226 e. The Morgan fingerprint density at radius 2 is 2.00 bits per heavy atom. The van der Waals surface area contributed by atoms with Gasteiger partial charge in [-0.25, -0.2) is 9.97 Å². The molecule has 0 aliphatic carbocycles. The highest BCUT2D eigenvalue weighted by Gasteiger charge is 2.22. The third-order valence-electron chi connectivity index (χ3n) is 3.43. The Morgan fingerprint density at radius 3 is 2.56 bits per heavy atom. The van der Waals surface area contributed by atoms with Gasteiger partial charge < -0.3 is 9.80 Å². The summed E-state index contributed by atoms with van der Waals surface area (Å²) in [6.45, 7) is 3.81. The average Bonchev–Trinajstić information content (AvgIpc) is 2.38. The molecule has 1 aromatic rings. The van der Waals surface area contributed by atoms with Crippen molar-refractivity contribution in [1.82, 2.24) is 14.9 Å². The topological polar surface area (TPSA) is 56.1 Å². The van der Waals surface area contributed by atoms with Gasteiger partial charge in [-0.05, 0) is 39.9 Å². The van der Waals surface area contributed by atoms with Crippen LogP contribution < -0.4 is 4.90 Å². The zero-order valence-corrected chi connectivity index (χ0v) is 11.2. The van der Waals surface area contributed by atoms with Gasteiger partial charge in [0.25, 0.3) is 0 Å². The van der Waals surface area contributed by atoms with Crippen LogP contribution in [0, 0.1) is 18.3 Å². The summed E-state index contributed by atoms with van der Waals surface area (Å²) in [5.74, 6) is 0.698. The lowest BCUT2D eigenvalue weighted by Crippen LogP contribution is -2.42. The second kappa shape index (κ2) is 5.32. The SMILES string of the molecule is Cc1cc(C#N)nc(N2CCC(N(C)C)CC2)n1. The number of nitriles is 1. The minimum Gasteiger partial charge on any atom is -0.341 e. The van der Waals surface area contributed by atoms with E-state index in [1.807, 2.05) is 6.92 Å². The van der Waals surface area contributed by atoms with Gasteiger partial charge in [-0.1, -0.05) is 0 Å². The molecule has 18 heavy (non-hydrogen) atoms. The highest BCUT2D eigenvalue weighted by atomic mass is 15.3. The molecule has 2 rings (SSSR count). The maximum absolute atomic E-state index is 8.93. The van der Waals surface area contributed by atoms with E-state index in [-0.39, 0.29) is 0 Å². The molecule has 1 aliphatic rings. The van der Waals surface area contributed by atoms with Crippen LogP contribution in [0.3, 0.4) is 0 Å². The minimum absolute atomic E-state index is 0.451. The van der Waals surface area contributed by atoms with E-state index in [2.05, 4.69) is 39.9 Å². The third kappa shape index (κ3) is 2.77. The van der Waals surface area contributed by atoms with Crippen LogP contribution in [0.5, 0.6) is 0 Å². The second-order valence-electron chi connectivity index (χ2n) is 4.99. The van der Waals surface area contributed by atoms with Crippen molar-refractivity contribution < 1.29 is 0 Å². The monoisotopic (exact) mass is 245 g/mol. The number of nitrogens with zero attached hydrogens (tertiary/aromatic N) is 5. The molecule has 0 saturated carbocycles. The van der Waals surface area contributed by atoms with E-state index in [0.29, 0.717) is 17.7 Å². The molecule has 1 fully saturated rings. The summed E-state index contributed by atoms with van der Waals surface area (Å²) in [6.07, 6.45) is 2.23. The van der Waals surface area contributed by atoms with Crippen LogP contribution in [0.1, 0.15) is 24.2 Å². The van der Waals surface area contributed by atoms with Gasteiger partial charge in [0.05, 0.1) is 0 Å². The van der Waals surface area contributed by atoms with Crippen molar-refractivity contribution in [2.24, 2.45) is 0 Å². The molecule has 96 valence electrons. The summed E-state index contributed by atoms with van der Waals surface area (Å²) in [5.41, 5.74) is 1.30. The van der Waals surface area contributed by atoms with Crippen LogP contribution in [0.4, 0.5) is 5.95 Å². The van der Waals surface area contributed by atoms with Crippen molar-refractivity contribution in [3.63, 3.8) is 0 Å². The van der Waals surface area contributed by atoms with Crippen molar-refractivity contribution in [2.45, 2.75) is 25.8 Å². The Hall–Kier alpha value is -1.67. The van der Waals surface area contributed by atoms with Gasteiger partial charge in [0.2, 0.25) is 5.95 Å². The molecule has 2 heterocycles. The molecule has 5 heteroatoms. The van der Waals surface area contributed by atoms with E-state index in [1.165, 1.54) is 0 Å². The first kappa shape index (κ1) is 12.8. The number of piperidine rings is 1. The highest BCUT2D eigenvalue weighted by Crippen LogP contribution is 2.19. The number of hydrogen-bond donors (Lipinski definition) is 0. The predicted molar refractivity (Wildman–Crippen MR) is 70.4 cm³/mol. The van der Waals surface area contributed by atoms with Crippen LogP contribution in [-0.2, 0) is 0 Å². The molecule has 0 spiro atoms. The molecule has 0 atom stereocenters. The van der Waals surface area contributed by atoms with Crippen molar-refractivity contribution in [3.8, 4) is 6.07 Å². The molecule has 0 N–H and O–H groups in total. The lowest BCUT2D eigenvalue weighted by atomic mass is 10.0. The molecule has 0 unspecified atom stereocenters. The fourth-order valence-electron chi connectivity index (χ4n) is 2.33. The van der Waals surface area contributed by atoms with Gasteiger partial charge in [0, 0.05) is 24.8 Å². The molecule has 1 aromatic heterocycles. The maximum Gasteiger partial charge on any atom is 0.226 e. The fraction of sp³-hybridized carbons (Fsp3) is 0.615. The third-order valence-corrected chi connectivity index (χ3v) is 3.43. The average molecular weight is 245 g/mol. The minimum atomic E-state index is 0.451. The number of aromatic nitrogens is 2. The van der Waals surface area contributed by atoms with E-state index in [4.69, 9.17) is 5.26 Å². The van der Waals surface area contributed by atoms with Crippen molar-refractivity contribution in [3.05, 3.63) is 17.5 Å². The van der Waals surface area contributed by atoms with Crippen LogP contribution in [0.2, 0.25) is 0 Å². The first-order chi connectivity index (χ1) is 8.60. The van der Waals surface area contributed by atoms with Crippen LogP contribution in [0.25, 0.3) is 0 Å². The van der Waals surface area contributed by atoms with Gasteiger partial charge in [-0.15, -0.1) is 0 Å². The Morgan fingerprint density at radius 1 is 1.33 bits per heavy atom. The molecule has 0 amide bonds. The van der Waals surface area contributed by atoms with Gasteiger partial charge >= 0.3 is 0 Å². The zero-order valence-electron chi connectivity index (χ0n) is 11.2. The summed E-state index contributed by atoms with van der Waals surface area (Å²) >= 11 is 0. The van der Waals surface area contributed by atoms with Crippen molar-refractivity contribution >= 4 is 5.95 Å². The van der Waals surface area contributed by atoms with E-state index < -0.39 is 0 Å². The van der Waals surface area contributed by atoms with Gasteiger partial charge in [-0.3, -0.25) is 0 Å². The Labute approximate surface area is 108 Å². The summed E-state index contributed by atoms with van der Waals surface area (Å²) in [7, 11) is 4.24. The Balaban J connectivity index is 2.10. The predicted octanol–water partition coefficient (Wildman–Crippen LogP) is 1.19. The van der Waals surface area contributed by atoms with Crippen LogP contribution >= 0.6 is 0 Å². The summed E-state index contributed by atoms with van der Waals surface area (Å²) in [4.78, 5) is 13.2. The number of rotatable bonds is 2. The van der Waals surface area contributed by atoms with Crippen molar-refractivity contribution in [1.29, 1.82) is 5.26 Å². The molecule has 0 bridgehead atoms. The summed E-state index contributed by atoms with van der Waals surface area (Å²) < 4.78 is 0. The number of anilines is 1. The first-order valence-corrected chi connectivity index (χ1v) is 6.27. The van der Waals surface area contributed by atoms with E-state index >= 15 is 0 Å². The van der Waals surface area contributed by atoms with Gasteiger partial charge in [0.15, 0.2) is 0 Å². The van der Waals surface area contributed by atoms with Crippen molar-refractivity contribution in [2.75, 3.05) is 32.1 Å². The van der Waals surface area contributed by atoms with E-state index in [9.17, 15) is 0 Å². The lowest BCUT2D eigenvalue weighted by Gasteiger charge is -2.35. The summed E-state index contributed by atoms with van der Waals surface area (Å²) in [5, 5.41) is 8.93. The zero-order chi connectivity index (χ0) is 13.1. The fourth-order valence-corrected chi connectivity index (χ4v) is 2.33. The molecule has 0 aromatic carbocycles. The highest BCUT2D eigenvalue weighted by molar-refractivity contribution is 5.36. The Kier molecular flexibility index (Phi) is 3.78. The molecule has 1 aliphatic heterocycles. The summed E-state index contributed by atoms with van der Waals surface area (Å²) in [6, 6.07) is 4.45. The Bertz CT molecular complexity index is 455. The lowest BCUT2D eigenvalue weighted by molar-refractivity contribution is 0.249. The van der Waals surface area contributed by atoms with Crippen LogP contribution in [-0.4, -0.2) is 48.1 Å². The van der Waals surface area contributed by atoms with Gasteiger partial charge in [0.1, 0.15) is 11.8 Å². The number of aryl methyl sites for hydroxylation is 1. The quantitative estimate of drug-likeness (QED) is 0.783. The van der Waals surface area contributed by atoms with Gasteiger partial charge in [-0.2, -0.15) is 5.26 Å². The molecule has 1 saturated heterocycles. The maximum atomic E-state index is 8.93. The van der Waals surface area contributed by atoms with E-state index in [1.54, 1.807) is 6.07 Å². The molecule has 5 nitrogen and oxygen atoms in total. The normalized spacial score (nSPS) is 16.9. The first-order valence-electron chi connectivity index (χ1n) is 6.27.